The van der Waals surface area contributed by atoms with Crippen molar-refractivity contribution in [1.29, 1.82) is 0 Å². The van der Waals surface area contributed by atoms with Gasteiger partial charge in [0, 0.05) is 23.3 Å². The topological polar surface area (TPSA) is 245 Å². The van der Waals surface area contributed by atoms with E-state index in [2.05, 4.69) is 40.1 Å². The molecule has 3 heterocycles. The molecule has 0 bridgehead atoms. The lowest BCUT2D eigenvalue weighted by molar-refractivity contribution is -0.0505. The molecule has 48 heavy (non-hydrogen) atoms. The molecule has 5 rings (SSSR count). The van der Waals surface area contributed by atoms with Gasteiger partial charge in [-0.1, -0.05) is 10.3 Å². The molecule has 0 aliphatic heterocycles. The molecule has 0 atom stereocenters. The Balaban J connectivity index is 0.000000265. The van der Waals surface area contributed by atoms with Crippen LogP contribution in [0.1, 0.15) is 17.4 Å². The van der Waals surface area contributed by atoms with Gasteiger partial charge in [-0.25, -0.2) is 15.0 Å². The molecule has 16 nitrogen and oxygen atoms in total. The second-order valence-corrected chi connectivity index (χ2v) is 8.13. The molecule has 21 heteroatoms. The predicted octanol–water partition coefficient (Wildman–Crippen LogP) is 3.52. The van der Waals surface area contributed by atoms with E-state index in [1.54, 1.807) is 0 Å². The van der Waals surface area contributed by atoms with E-state index >= 15 is 0 Å². The van der Waals surface area contributed by atoms with Crippen LogP contribution >= 0.6 is 0 Å². The number of benzene rings is 2. The zero-order valence-electron chi connectivity index (χ0n) is 24.8. The Bertz CT molecular complexity index is 1850. The first-order valence-corrected chi connectivity index (χ1v) is 12.5. The van der Waals surface area contributed by atoms with Gasteiger partial charge in [0.05, 0.1) is 8.52 Å². The summed E-state index contributed by atoms with van der Waals surface area (Å²) in [6.07, 6.45) is 0. The Morgan fingerprint density at radius 3 is 1.85 bits per heavy atom. The van der Waals surface area contributed by atoms with Crippen molar-refractivity contribution in [3.8, 4) is 34.5 Å². The van der Waals surface area contributed by atoms with Crippen LogP contribution in [0.3, 0.4) is 0 Å². The van der Waals surface area contributed by atoms with Crippen LogP contribution in [0.15, 0.2) is 92.1 Å². The maximum absolute atomic E-state index is 12.1. The predicted molar refractivity (Wildman–Crippen MR) is 155 cm³/mol. The van der Waals surface area contributed by atoms with E-state index in [1.165, 1.54) is 60.7 Å². The number of hydrogen-bond acceptors (Lipinski definition) is 12. The van der Waals surface area contributed by atoms with Crippen LogP contribution in [0.25, 0.3) is 23.0 Å². The zero-order valence-corrected chi connectivity index (χ0v) is 23.8. The smallest absolute Gasteiger partial charge is 0.387 e. The summed E-state index contributed by atoms with van der Waals surface area (Å²) < 4.78 is 76.5. The van der Waals surface area contributed by atoms with Crippen LogP contribution in [0, 0.1) is 0 Å². The molecule has 0 unspecified atom stereocenters. The Labute approximate surface area is 265 Å². The van der Waals surface area contributed by atoms with Crippen LogP contribution in [-0.2, 0) is 0 Å². The molecule has 0 amide bonds. The number of carboxylic acid groups (broad SMARTS) is 1. The van der Waals surface area contributed by atoms with E-state index in [9.17, 15) is 36.3 Å². The van der Waals surface area contributed by atoms with Crippen molar-refractivity contribution >= 4 is 11.8 Å². The third-order valence-corrected chi connectivity index (χ3v) is 5.04. The minimum atomic E-state index is -2.88. The van der Waals surface area contributed by atoms with E-state index < -0.39 is 31.9 Å². The van der Waals surface area contributed by atoms with Crippen molar-refractivity contribution in [1.82, 2.24) is 30.5 Å². The number of carboxylic acids is 1. The molecule has 0 aliphatic carbocycles. The Hall–Kier alpha value is -6.67. The maximum atomic E-state index is 12.1. The molecule has 0 saturated carbocycles. The lowest BCUT2D eigenvalue weighted by Gasteiger charge is -2.04. The summed E-state index contributed by atoms with van der Waals surface area (Å²) in [5, 5.41) is 34.4. The third-order valence-electron chi connectivity index (χ3n) is 5.04. The van der Waals surface area contributed by atoms with Gasteiger partial charge in [0.2, 0.25) is 5.82 Å². The summed E-state index contributed by atoms with van der Waals surface area (Å²) in [5.74, 6) is -0.810. The average molecular weight is 684 g/mol. The summed E-state index contributed by atoms with van der Waals surface area (Å²) in [5.41, 5.74) is 5.63. The monoisotopic (exact) mass is 683 g/mol. The van der Waals surface area contributed by atoms with Gasteiger partial charge in [-0.15, -0.1) is 0 Å². The van der Waals surface area contributed by atoms with E-state index in [-0.39, 0.29) is 40.3 Å². The van der Waals surface area contributed by atoms with Crippen molar-refractivity contribution in [2.75, 3.05) is 7.15 Å². The van der Waals surface area contributed by atoms with Gasteiger partial charge in [0.1, 0.15) is 17.2 Å². The number of aromatic nitrogens is 6. The highest BCUT2D eigenvalue weighted by molar-refractivity contribution is 5.97. The van der Waals surface area contributed by atoms with E-state index in [0.29, 0.717) is 16.8 Å². The van der Waals surface area contributed by atoms with Crippen molar-refractivity contribution in [2.45, 2.75) is 13.2 Å². The first kappa shape index (κ1) is 35.8. The average Bonchev–Trinajstić information content (AvgIpc) is 3.57. The summed E-state index contributed by atoms with van der Waals surface area (Å²) in [6.45, 7) is -5.74. The fourth-order valence-electron chi connectivity index (χ4n) is 3.02. The van der Waals surface area contributed by atoms with Gasteiger partial charge in [-0.05, 0) is 60.7 Å². The number of alkyl halides is 5. The van der Waals surface area contributed by atoms with Crippen LogP contribution in [-0.4, -0.2) is 73.0 Å². The van der Waals surface area contributed by atoms with Crippen molar-refractivity contribution in [3.05, 3.63) is 105 Å². The van der Waals surface area contributed by atoms with Gasteiger partial charge in [0.25, 0.3) is 17.0 Å². The van der Waals surface area contributed by atoms with Gasteiger partial charge in [-0.3, -0.25) is 14.0 Å². The minimum absolute atomic E-state index is 0.0227. The van der Waals surface area contributed by atoms with Crippen molar-refractivity contribution < 1.29 is 52.4 Å². The first-order valence-electron chi connectivity index (χ1n) is 13.2. The second-order valence-electron chi connectivity index (χ2n) is 8.13. The number of nitrogens with one attached hydrogen (secondary N) is 2. The second kappa shape index (κ2) is 19.0. The third kappa shape index (κ3) is 12.4. The molecule has 3 aromatic heterocycles. The zero-order chi connectivity index (χ0) is 36.3. The Kier molecular flexibility index (Phi) is 14.2. The number of H-pyrrole nitrogens is 2. The summed E-state index contributed by atoms with van der Waals surface area (Å²) in [7, 11) is -1.00. The van der Waals surface area contributed by atoms with Gasteiger partial charge in [0.15, 0.2) is 11.5 Å². The molecule has 0 fully saturated rings. The molecule has 0 spiro atoms. The number of nitrogens with zero attached hydrogens (tertiary/aromatic N) is 5. The number of carbonyl (C=O) groups is 1. The number of halogens is 5. The number of aromatic amines is 2. The lowest BCUT2D eigenvalue weighted by atomic mass is 10.2. The fourth-order valence-corrected chi connectivity index (χ4v) is 3.02. The largest absolute Gasteiger partial charge is 0.476 e. The van der Waals surface area contributed by atoms with Gasteiger partial charge < -0.3 is 30.0 Å². The fraction of sp³-hybridized carbons (Fsp3) is 0.111. The molecule has 6 N–H and O–H groups in total. The molecule has 254 valence electrons. The minimum Gasteiger partial charge on any atom is -0.476 e. The van der Waals surface area contributed by atoms with E-state index in [4.69, 9.17) is 21.9 Å². The van der Waals surface area contributed by atoms with Gasteiger partial charge >= 0.3 is 19.2 Å². The Morgan fingerprint density at radius 2 is 1.42 bits per heavy atom. The molecule has 0 radical (unpaired) electrons. The molecular formula is C27H23F5N8O8. The number of hydrogen-bond donors (Lipinski definition) is 5. The normalized spacial score (nSPS) is 10.7. The standard InChI is InChI=1S/C13H8F2N4O3.C8H8F2N2O2.C5H4N2O3.CH3F/c14-13(15)21-8-3-1-7(2-4-8)11-16-12(22-19-11)9-5-6-10(20)18-17-9;9-8(10)14-6-3-1-5(2-4-6)7(11)12-13;8-4-2-1-3(5(9)10)6-7-4;1-2/h1-6,13H,(H,18,20);1-4,8,13H,(H2,11,12);1-2H,(H,7,8)(H,9,10);1H3/i;;;1D. The van der Waals surface area contributed by atoms with Crippen molar-refractivity contribution in [2.24, 2.45) is 10.9 Å². The summed E-state index contributed by atoms with van der Waals surface area (Å²) in [4.78, 5) is 35.5. The van der Waals surface area contributed by atoms with E-state index in [0.717, 1.165) is 12.1 Å². The molecule has 0 saturated heterocycles. The SMILES string of the molecule is N/C(=N\O)c1ccc(OC(F)F)cc1.O=C(O)c1ccc(=O)[nH]n1.O=c1ccc(-c2nc(-c3ccc(OC(F)F)cc3)no2)n[nH]1.[2H]CF. The summed E-state index contributed by atoms with van der Waals surface area (Å²) >= 11 is 0. The lowest BCUT2D eigenvalue weighted by Crippen LogP contribution is -2.12. The number of amidine groups is 1. The molecular weight excluding hydrogens is 659 g/mol. The number of oxime groups is 1. The highest BCUT2D eigenvalue weighted by Crippen LogP contribution is 2.23. The molecule has 0 aliphatic rings. The number of aromatic carboxylic acids is 1. The molecule has 2 aromatic carbocycles. The Morgan fingerprint density at radius 1 is 0.896 bits per heavy atom. The van der Waals surface area contributed by atoms with Crippen LogP contribution < -0.4 is 26.3 Å². The quantitative estimate of drug-likeness (QED) is 0.0517. The molecule has 5 aromatic rings. The number of nitrogens with two attached hydrogens (primary N) is 1. The van der Waals surface area contributed by atoms with Crippen molar-refractivity contribution in [3.63, 3.8) is 0 Å². The van der Waals surface area contributed by atoms with E-state index in [1.807, 2.05) is 5.10 Å². The van der Waals surface area contributed by atoms with Gasteiger partial charge in [-0.2, -0.15) is 32.7 Å². The van der Waals surface area contributed by atoms with Crippen LogP contribution in [0.5, 0.6) is 11.5 Å². The maximum Gasteiger partial charge on any atom is 0.387 e. The van der Waals surface area contributed by atoms with Crippen LogP contribution in [0.2, 0.25) is 0 Å². The summed E-state index contributed by atoms with van der Waals surface area (Å²) in [6, 6.07) is 16.2. The van der Waals surface area contributed by atoms with Crippen LogP contribution in [0.4, 0.5) is 22.0 Å². The first-order chi connectivity index (χ1) is 23.4. The number of ether oxygens (including phenoxy) is 2. The number of rotatable bonds is 8. The highest BCUT2D eigenvalue weighted by Gasteiger charge is 2.13. The highest BCUT2D eigenvalue weighted by atomic mass is 19.3.